The molecule has 2 rings (SSSR count). The van der Waals surface area contributed by atoms with Gasteiger partial charge in [0.05, 0.1) is 13.2 Å². The van der Waals surface area contributed by atoms with Crippen LogP contribution in [0.2, 0.25) is 5.02 Å². The van der Waals surface area contributed by atoms with E-state index in [2.05, 4.69) is 0 Å². The number of morpholine rings is 1. The molecule has 6 heteroatoms. The minimum absolute atomic E-state index is 0.0605. The second kappa shape index (κ2) is 8.15. The van der Waals surface area contributed by atoms with Gasteiger partial charge in [-0.15, -0.1) is 0 Å². The largest absolute Gasteiger partial charge is 0.378 e. The Kier molecular flexibility index (Phi) is 6.21. The first kappa shape index (κ1) is 16.8. The van der Waals surface area contributed by atoms with Crippen molar-refractivity contribution in [3.8, 4) is 0 Å². The molecular weight excluding hydrogens is 304 g/mol. The molecule has 0 saturated carbocycles. The molecule has 22 heavy (non-hydrogen) atoms. The Bertz CT molecular complexity index is 530. The van der Waals surface area contributed by atoms with Crippen LogP contribution in [0.15, 0.2) is 24.3 Å². The maximum Gasteiger partial charge on any atom is 0.224 e. The molecule has 0 unspecified atom stereocenters. The number of nitrogens with zero attached hydrogens (tertiary/aromatic N) is 2. The van der Waals surface area contributed by atoms with Crippen LogP contribution in [0.5, 0.6) is 0 Å². The number of benzene rings is 1. The monoisotopic (exact) mass is 324 g/mol. The van der Waals surface area contributed by atoms with Crippen LogP contribution in [-0.4, -0.2) is 54.5 Å². The number of carbonyl (C=O) groups excluding carboxylic acids is 2. The van der Waals surface area contributed by atoms with Crippen LogP contribution in [0.4, 0.5) is 0 Å². The summed E-state index contributed by atoms with van der Waals surface area (Å²) >= 11 is 6.13. The van der Waals surface area contributed by atoms with Crippen molar-refractivity contribution in [2.45, 2.75) is 19.9 Å². The van der Waals surface area contributed by atoms with Gasteiger partial charge in [-0.25, -0.2) is 0 Å². The van der Waals surface area contributed by atoms with Crippen molar-refractivity contribution < 1.29 is 14.3 Å². The molecule has 2 amide bonds. The smallest absolute Gasteiger partial charge is 0.224 e. The number of carbonyl (C=O) groups is 2. The van der Waals surface area contributed by atoms with E-state index < -0.39 is 0 Å². The van der Waals surface area contributed by atoms with E-state index in [9.17, 15) is 9.59 Å². The van der Waals surface area contributed by atoms with Crippen LogP contribution < -0.4 is 0 Å². The Hall–Kier alpha value is -1.59. The average molecular weight is 325 g/mol. The molecule has 0 N–H and O–H groups in total. The molecule has 0 aromatic heterocycles. The van der Waals surface area contributed by atoms with Crippen molar-refractivity contribution in [1.29, 1.82) is 0 Å². The van der Waals surface area contributed by atoms with E-state index in [1.54, 1.807) is 15.9 Å². The predicted octanol–water partition coefficient (Wildman–Crippen LogP) is 1.94. The van der Waals surface area contributed by atoms with E-state index in [0.717, 1.165) is 5.56 Å². The minimum atomic E-state index is -0.0605. The minimum Gasteiger partial charge on any atom is -0.378 e. The number of amides is 2. The molecular formula is C16H21ClN2O3. The van der Waals surface area contributed by atoms with Crippen LogP contribution in [0.1, 0.15) is 18.9 Å². The van der Waals surface area contributed by atoms with Gasteiger partial charge < -0.3 is 14.5 Å². The number of rotatable bonds is 5. The average Bonchev–Trinajstić information content (AvgIpc) is 2.53. The fourth-order valence-corrected chi connectivity index (χ4v) is 2.58. The molecule has 0 radical (unpaired) electrons. The van der Waals surface area contributed by atoms with Gasteiger partial charge in [-0.05, 0) is 11.6 Å². The summed E-state index contributed by atoms with van der Waals surface area (Å²) in [4.78, 5) is 27.4. The van der Waals surface area contributed by atoms with Crippen LogP contribution in [0.3, 0.4) is 0 Å². The predicted molar refractivity (Wildman–Crippen MR) is 84.6 cm³/mol. The highest BCUT2D eigenvalue weighted by molar-refractivity contribution is 6.31. The number of ether oxygens (including phenoxy) is 1. The van der Waals surface area contributed by atoms with Gasteiger partial charge >= 0.3 is 0 Å². The first-order valence-corrected chi connectivity index (χ1v) is 7.80. The van der Waals surface area contributed by atoms with Crippen molar-refractivity contribution in [2.24, 2.45) is 0 Å². The second-order valence-corrected chi connectivity index (χ2v) is 5.68. The van der Waals surface area contributed by atoms with Crippen LogP contribution in [0, 0.1) is 0 Å². The Balaban J connectivity index is 1.90. The number of hydrogen-bond acceptors (Lipinski definition) is 3. The van der Waals surface area contributed by atoms with Crippen molar-refractivity contribution in [3.05, 3.63) is 34.9 Å². The molecule has 5 nitrogen and oxygen atoms in total. The molecule has 120 valence electrons. The van der Waals surface area contributed by atoms with E-state index in [-0.39, 0.29) is 11.8 Å². The highest BCUT2D eigenvalue weighted by Crippen LogP contribution is 2.17. The lowest BCUT2D eigenvalue weighted by atomic mass is 10.2. The molecule has 1 aromatic rings. The summed E-state index contributed by atoms with van der Waals surface area (Å²) in [6.45, 7) is 4.76. The normalized spacial score (nSPS) is 14.7. The van der Waals surface area contributed by atoms with E-state index >= 15 is 0 Å². The summed E-state index contributed by atoms with van der Waals surface area (Å²) in [5.74, 6) is 0.00315. The second-order valence-electron chi connectivity index (χ2n) is 5.28. The topological polar surface area (TPSA) is 49.9 Å². The zero-order valence-electron chi connectivity index (χ0n) is 12.8. The van der Waals surface area contributed by atoms with Crippen LogP contribution >= 0.6 is 11.6 Å². The van der Waals surface area contributed by atoms with E-state index in [4.69, 9.17) is 16.3 Å². The van der Waals surface area contributed by atoms with Crippen LogP contribution in [-0.2, 0) is 20.9 Å². The highest BCUT2D eigenvalue weighted by Gasteiger charge is 2.19. The van der Waals surface area contributed by atoms with Gasteiger partial charge in [0.15, 0.2) is 0 Å². The molecule has 0 atom stereocenters. The Morgan fingerprint density at radius 3 is 2.59 bits per heavy atom. The van der Waals surface area contributed by atoms with E-state index in [0.29, 0.717) is 50.8 Å². The first-order chi connectivity index (χ1) is 10.6. The summed E-state index contributed by atoms with van der Waals surface area (Å²) in [6, 6.07) is 7.43. The van der Waals surface area contributed by atoms with Crippen molar-refractivity contribution in [1.82, 2.24) is 9.80 Å². The molecule has 1 heterocycles. The summed E-state index contributed by atoms with van der Waals surface area (Å²) < 4.78 is 5.23. The van der Waals surface area contributed by atoms with Crippen molar-refractivity contribution in [2.75, 3.05) is 32.8 Å². The van der Waals surface area contributed by atoms with Gasteiger partial charge in [0.25, 0.3) is 0 Å². The van der Waals surface area contributed by atoms with E-state index in [1.165, 1.54) is 6.92 Å². The summed E-state index contributed by atoms with van der Waals surface area (Å²) in [6.07, 6.45) is 0.323. The fraction of sp³-hybridized carbons (Fsp3) is 0.500. The summed E-state index contributed by atoms with van der Waals surface area (Å²) in [5, 5.41) is 0.633. The third-order valence-corrected chi connectivity index (χ3v) is 4.09. The fourth-order valence-electron chi connectivity index (χ4n) is 2.38. The van der Waals surface area contributed by atoms with Gasteiger partial charge in [0.1, 0.15) is 0 Å². The van der Waals surface area contributed by atoms with Gasteiger partial charge in [0.2, 0.25) is 11.8 Å². The molecule has 0 spiro atoms. The SMILES string of the molecule is CC(=O)N(CCC(=O)N1CCOCC1)Cc1ccccc1Cl. The van der Waals surface area contributed by atoms with Gasteiger partial charge in [-0.1, -0.05) is 29.8 Å². The molecule has 1 aliphatic rings. The van der Waals surface area contributed by atoms with E-state index in [1.807, 2.05) is 18.2 Å². The van der Waals surface area contributed by atoms with Gasteiger partial charge in [0, 0.05) is 44.5 Å². The molecule has 1 fully saturated rings. The Morgan fingerprint density at radius 1 is 1.27 bits per heavy atom. The standard InChI is InChI=1S/C16H21ClN2O3/c1-13(20)19(12-14-4-2-3-5-15(14)17)7-6-16(21)18-8-10-22-11-9-18/h2-5H,6-12H2,1H3. The van der Waals surface area contributed by atoms with Crippen molar-refractivity contribution in [3.63, 3.8) is 0 Å². The van der Waals surface area contributed by atoms with Crippen LogP contribution in [0.25, 0.3) is 0 Å². The zero-order chi connectivity index (χ0) is 15.9. The lowest BCUT2D eigenvalue weighted by molar-refractivity contribution is -0.136. The van der Waals surface area contributed by atoms with Gasteiger partial charge in [-0.3, -0.25) is 9.59 Å². The van der Waals surface area contributed by atoms with Crippen molar-refractivity contribution >= 4 is 23.4 Å². The molecule has 1 aromatic carbocycles. The lowest BCUT2D eigenvalue weighted by Crippen LogP contribution is -2.42. The number of hydrogen-bond donors (Lipinski definition) is 0. The third kappa shape index (κ3) is 4.71. The lowest BCUT2D eigenvalue weighted by Gasteiger charge is -2.28. The third-order valence-electron chi connectivity index (χ3n) is 3.72. The number of halogens is 1. The molecule has 0 bridgehead atoms. The molecule has 1 saturated heterocycles. The maximum atomic E-state index is 12.2. The molecule has 1 aliphatic heterocycles. The Labute approximate surface area is 135 Å². The Morgan fingerprint density at radius 2 is 1.95 bits per heavy atom. The first-order valence-electron chi connectivity index (χ1n) is 7.42. The zero-order valence-corrected chi connectivity index (χ0v) is 13.5. The summed E-state index contributed by atoms with van der Waals surface area (Å²) in [5.41, 5.74) is 0.887. The maximum absolute atomic E-state index is 12.2. The summed E-state index contributed by atoms with van der Waals surface area (Å²) in [7, 11) is 0. The van der Waals surface area contributed by atoms with Gasteiger partial charge in [-0.2, -0.15) is 0 Å². The molecule has 0 aliphatic carbocycles. The highest BCUT2D eigenvalue weighted by atomic mass is 35.5. The quantitative estimate of drug-likeness (QED) is 0.831.